The summed E-state index contributed by atoms with van der Waals surface area (Å²) < 4.78 is 13.7. The number of aliphatic carboxylic acids is 1. The van der Waals surface area contributed by atoms with Gasteiger partial charge in [-0.2, -0.15) is 29.2 Å². The van der Waals surface area contributed by atoms with Crippen LogP contribution in [0.15, 0.2) is 24.4 Å². The summed E-state index contributed by atoms with van der Waals surface area (Å²) in [5, 5.41) is 17.3. The number of nitrogens with one attached hydrogen (secondary N) is 2. The van der Waals surface area contributed by atoms with Gasteiger partial charge in [0.15, 0.2) is 0 Å². The van der Waals surface area contributed by atoms with Crippen molar-refractivity contribution in [1.29, 1.82) is 0 Å². The fourth-order valence-electron chi connectivity index (χ4n) is 2.37. The molecule has 1 aromatic heterocycles. The standard InChI is InChI=1S/C11H10FN3.C5H10.C4H8O2.C4H10.Rb.H2S/c1-2-8-4-3-5-9(11(8)12)14-10-6-7-13-15-10;1-2-4-5-3-1;1-2-3-4(5)6;1-4(2)3;;/h3,5-7H,1-2H2,(H2,13,14,15);1-5H2;2-3H2,1H3,(H,5,6);4H,1-3H3;;1H2/q-2;;;;+1;/p-1. The Bertz CT molecular complexity index is 672. The summed E-state index contributed by atoms with van der Waals surface area (Å²) in [5.74, 6) is 0.453. The first-order valence-corrected chi connectivity index (χ1v) is 10.8. The first kappa shape index (κ1) is 36.4. The van der Waals surface area contributed by atoms with E-state index in [-0.39, 0.29) is 77.5 Å². The monoisotopic (exact) mass is 537 g/mol. The number of thiol groups is 1. The number of H-pyrrole nitrogens is 1. The molecule has 0 bridgehead atoms. The van der Waals surface area contributed by atoms with Crippen LogP contribution in [-0.4, -0.2) is 21.3 Å². The average molecular weight is 538 g/mol. The molecule has 0 aliphatic heterocycles. The number of carbonyl (C=O) groups is 1. The van der Waals surface area contributed by atoms with Crippen LogP contribution >= 0.6 is 0 Å². The Morgan fingerprint density at radius 2 is 1.78 bits per heavy atom. The van der Waals surface area contributed by atoms with Gasteiger partial charge in [-0.15, -0.1) is 6.07 Å². The average Bonchev–Trinajstić information content (AvgIpc) is 3.40. The van der Waals surface area contributed by atoms with Crippen LogP contribution in [0.5, 0.6) is 0 Å². The third-order valence-corrected chi connectivity index (χ3v) is 3.74. The van der Waals surface area contributed by atoms with Gasteiger partial charge in [0.05, 0.1) is 6.20 Å². The zero-order valence-electron chi connectivity index (χ0n) is 20.4. The molecule has 5 nitrogen and oxygen atoms in total. The Morgan fingerprint density at radius 1 is 1.25 bits per heavy atom. The third kappa shape index (κ3) is 20.4. The Labute approximate surface area is 250 Å². The van der Waals surface area contributed by atoms with E-state index in [4.69, 9.17) is 5.11 Å². The first-order chi connectivity index (χ1) is 14.3. The Morgan fingerprint density at radius 3 is 2.12 bits per heavy atom. The molecule has 0 radical (unpaired) electrons. The number of hydrogen-bond donors (Lipinski definition) is 3. The van der Waals surface area contributed by atoms with Crippen molar-refractivity contribution in [2.24, 2.45) is 5.92 Å². The molecule has 1 fully saturated rings. The second-order valence-corrected chi connectivity index (χ2v) is 7.67. The van der Waals surface area contributed by atoms with E-state index in [9.17, 15) is 9.18 Å². The second-order valence-electron chi connectivity index (χ2n) is 7.67. The number of halogens is 1. The third-order valence-electron chi connectivity index (χ3n) is 3.74. The van der Waals surface area contributed by atoms with Crippen LogP contribution in [0.25, 0.3) is 0 Å². The summed E-state index contributed by atoms with van der Waals surface area (Å²) in [4.78, 5) is 9.60. The molecular formula is C24H39FN3O2RbS-2. The number of rotatable bonds is 5. The summed E-state index contributed by atoms with van der Waals surface area (Å²) >= 11 is 0. The van der Waals surface area contributed by atoms with E-state index in [0.717, 1.165) is 12.3 Å². The maximum Gasteiger partial charge on any atom is 1.00 e. The zero-order valence-corrected chi connectivity index (χ0v) is 26.2. The van der Waals surface area contributed by atoms with Crippen molar-refractivity contribution >= 4 is 31.0 Å². The van der Waals surface area contributed by atoms with Gasteiger partial charge in [0.25, 0.3) is 0 Å². The molecule has 0 saturated heterocycles. The van der Waals surface area contributed by atoms with Crippen molar-refractivity contribution in [1.82, 2.24) is 10.2 Å². The topological polar surface area (TPSA) is 78.0 Å². The molecule has 3 rings (SSSR count). The molecule has 8 heteroatoms. The maximum atomic E-state index is 13.7. The van der Waals surface area contributed by atoms with E-state index in [0.29, 0.717) is 29.9 Å². The molecule has 178 valence electrons. The number of carboxylic acids is 1. The van der Waals surface area contributed by atoms with E-state index in [1.807, 2.05) is 6.92 Å². The fraction of sp³-hybridized carbons (Fsp3) is 0.542. The molecule has 2 aromatic rings. The molecule has 1 aromatic carbocycles. The summed E-state index contributed by atoms with van der Waals surface area (Å²) in [6, 6.07) is 7.81. The molecule has 0 amide bonds. The van der Waals surface area contributed by atoms with E-state index in [1.54, 1.807) is 24.4 Å². The molecule has 0 spiro atoms. The van der Waals surface area contributed by atoms with Crippen LogP contribution in [0.3, 0.4) is 0 Å². The van der Waals surface area contributed by atoms with Crippen molar-refractivity contribution in [2.75, 3.05) is 5.32 Å². The second kappa shape index (κ2) is 23.9. The van der Waals surface area contributed by atoms with Crippen LogP contribution in [0.4, 0.5) is 15.9 Å². The minimum atomic E-state index is -0.711. The predicted molar refractivity (Wildman–Crippen MR) is 131 cm³/mol. The van der Waals surface area contributed by atoms with Gasteiger partial charge in [0.1, 0.15) is 5.82 Å². The van der Waals surface area contributed by atoms with Gasteiger partial charge >= 0.3 is 64.2 Å². The number of anilines is 2. The van der Waals surface area contributed by atoms with E-state index < -0.39 is 5.97 Å². The molecule has 1 aliphatic carbocycles. The summed E-state index contributed by atoms with van der Waals surface area (Å²) in [7, 11) is 0. The normalized spacial score (nSPS) is 11.2. The Hall–Kier alpha value is -0.215. The van der Waals surface area contributed by atoms with Gasteiger partial charge in [-0.1, -0.05) is 59.8 Å². The van der Waals surface area contributed by atoms with Crippen molar-refractivity contribution < 1.29 is 72.5 Å². The van der Waals surface area contributed by atoms with E-state index in [1.165, 1.54) is 32.1 Å². The molecular weight excluding hydrogens is 499 g/mol. The van der Waals surface area contributed by atoms with Crippen LogP contribution in [0, 0.1) is 24.7 Å². The molecule has 32 heavy (non-hydrogen) atoms. The largest absolute Gasteiger partial charge is 1.00 e. The summed E-state index contributed by atoms with van der Waals surface area (Å²) in [6.07, 6.45) is 10.5. The fourth-order valence-corrected chi connectivity index (χ4v) is 2.37. The SMILES string of the molecule is C1CCCC1.CC(C)C.CCCC(=O)O.[CH2-]Cc1[c-]ccc(Nc2ccn[nH]2)c1F.[Rb+].[SH-]. The molecule has 0 unspecified atom stereocenters. The molecule has 0 atom stereocenters. The number of aromatic amines is 1. The minimum absolute atomic E-state index is 0. The number of nitrogens with zero attached hydrogens (tertiary/aromatic N) is 1. The van der Waals surface area contributed by atoms with Crippen molar-refractivity contribution in [3.05, 3.63) is 48.8 Å². The summed E-state index contributed by atoms with van der Waals surface area (Å²) in [5.41, 5.74) is 0.871. The molecule has 1 heterocycles. The number of hydrogen-bond acceptors (Lipinski definition) is 4. The number of carboxylic acid groups (broad SMARTS) is 1. The van der Waals surface area contributed by atoms with Crippen LogP contribution in [-0.2, 0) is 24.7 Å². The Balaban J connectivity index is -0.000000413. The van der Waals surface area contributed by atoms with Gasteiger partial charge in [0, 0.05) is 18.3 Å². The maximum absolute atomic E-state index is 13.7. The van der Waals surface area contributed by atoms with Gasteiger partial charge in [-0.05, 0) is 18.0 Å². The van der Waals surface area contributed by atoms with Crippen molar-refractivity contribution in [3.8, 4) is 0 Å². The van der Waals surface area contributed by atoms with Gasteiger partial charge in [0.2, 0.25) is 0 Å². The minimum Gasteiger partial charge on any atom is -0.813 e. The summed E-state index contributed by atoms with van der Waals surface area (Å²) in [6.45, 7) is 12.0. The van der Waals surface area contributed by atoms with Crippen LogP contribution in [0.1, 0.15) is 78.2 Å². The predicted octanol–water partition coefficient (Wildman–Crippen LogP) is 3.69. The van der Waals surface area contributed by atoms with Crippen LogP contribution in [0.2, 0.25) is 0 Å². The quantitative estimate of drug-likeness (QED) is 0.308. The Kier molecular flexibility index (Phi) is 27.2. The number of benzene rings is 1. The van der Waals surface area contributed by atoms with Gasteiger partial charge in [-0.25, -0.2) is 0 Å². The van der Waals surface area contributed by atoms with Crippen molar-refractivity contribution in [3.63, 3.8) is 0 Å². The van der Waals surface area contributed by atoms with Crippen molar-refractivity contribution in [2.45, 2.75) is 79.1 Å². The molecule has 1 aliphatic rings. The molecule has 3 N–H and O–H groups in total. The molecule has 1 saturated carbocycles. The van der Waals surface area contributed by atoms with E-state index >= 15 is 0 Å². The van der Waals surface area contributed by atoms with Crippen LogP contribution < -0.4 is 63.5 Å². The van der Waals surface area contributed by atoms with Gasteiger partial charge < -0.3 is 30.8 Å². The first-order valence-electron chi connectivity index (χ1n) is 10.8. The van der Waals surface area contributed by atoms with E-state index in [2.05, 4.69) is 49.3 Å². The zero-order chi connectivity index (χ0) is 22.8. The smallest absolute Gasteiger partial charge is 0.813 e. The number of aromatic nitrogens is 2. The van der Waals surface area contributed by atoms with Gasteiger partial charge in [-0.3, -0.25) is 14.3 Å².